The number of carbonyl (C=O) groups is 2. The van der Waals surface area contributed by atoms with Crippen molar-refractivity contribution in [1.82, 2.24) is 14.5 Å². The minimum Gasteiger partial charge on any atom is -0.497 e. The topological polar surface area (TPSA) is 105 Å². The highest BCUT2D eigenvalue weighted by molar-refractivity contribution is 7.89. The molecule has 0 saturated carbocycles. The van der Waals surface area contributed by atoms with Crippen molar-refractivity contribution in [2.45, 2.75) is 24.3 Å². The van der Waals surface area contributed by atoms with Gasteiger partial charge in [-0.3, -0.25) is 14.5 Å². The lowest BCUT2D eigenvalue weighted by Crippen LogP contribution is -2.48. The molecule has 192 valence electrons. The number of piperazine rings is 1. The summed E-state index contributed by atoms with van der Waals surface area (Å²) in [6.07, 6.45) is -0.0246. The van der Waals surface area contributed by atoms with Gasteiger partial charge in [0.15, 0.2) is 0 Å². The lowest BCUT2D eigenvalue weighted by Gasteiger charge is -2.32. The first kappa shape index (κ1) is 27.2. The molecule has 9 nitrogen and oxygen atoms in total. The molecule has 1 aliphatic rings. The van der Waals surface area contributed by atoms with Gasteiger partial charge >= 0.3 is 5.97 Å². The molecule has 1 fully saturated rings. The maximum atomic E-state index is 12.9. The second kappa shape index (κ2) is 12.5. The zero-order chi connectivity index (χ0) is 26.1. The zero-order valence-corrected chi connectivity index (χ0v) is 21.5. The average Bonchev–Trinajstić information content (AvgIpc) is 2.90. The molecule has 0 spiro atoms. The number of benzene rings is 2. The second-order valence-corrected chi connectivity index (χ2v) is 10.0. The van der Waals surface area contributed by atoms with Gasteiger partial charge < -0.3 is 14.4 Å². The zero-order valence-electron chi connectivity index (χ0n) is 20.7. The van der Waals surface area contributed by atoms with Crippen LogP contribution in [0, 0.1) is 11.8 Å². The number of carbonyl (C=O) groups excluding carboxylic acids is 2. The van der Waals surface area contributed by atoms with Gasteiger partial charge in [0.2, 0.25) is 15.9 Å². The minimum atomic E-state index is -3.98. The van der Waals surface area contributed by atoms with E-state index in [4.69, 9.17) is 9.47 Å². The van der Waals surface area contributed by atoms with Crippen molar-refractivity contribution in [2.75, 3.05) is 46.9 Å². The first-order valence-corrected chi connectivity index (χ1v) is 13.0. The first-order valence-electron chi connectivity index (χ1n) is 11.5. The van der Waals surface area contributed by atoms with Crippen molar-refractivity contribution in [3.63, 3.8) is 0 Å². The largest absolute Gasteiger partial charge is 0.497 e. The van der Waals surface area contributed by atoms with Gasteiger partial charge in [-0.05, 0) is 35.4 Å². The molecule has 1 N–H and O–H groups in total. The third-order valence-electron chi connectivity index (χ3n) is 5.92. The Morgan fingerprint density at radius 3 is 2.06 bits per heavy atom. The maximum Gasteiger partial charge on any atom is 0.324 e. The van der Waals surface area contributed by atoms with Crippen molar-refractivity contribution in [1.29, 1.82) is 0 Å². The number of sulfonamides is 1. The summed E-state index contributed by atoms with van der Waals surface area (Å²) < 4.78 is 38.2. The van der Waals surface area contributed by atoms with Crippen LogP contribution in [-0.4, -0.2) is 83.1 Å². The summed E-state index contributed by atoms with van der Waals surface area (Å²) >= 11 is 0. The van der Waals surface area contributed by atoms with Crippen LogP contribution >= 0.6 is 0 Å². The molecule has 2 aromatic carbocycles. The van der Waals surface area contributed by atoms with Crippen LogP contribution < -0.4 is 9.46 Å². The number of hydrogen-bond acceptors (Lipinski definition) is 7. The lowest BCUT2D eigenvalue weighted by molar-refractivity contribution is -0.142. The third kappa shape index (κ3) is 7.31. The van der Waals surface area contributed by atoms with Gasteiger partial charge in [0.1, 0.15) is 11.8 Å². The summed E-state index contributed by atoms with van der Waals surface area (Å²) in [5, 5.41) is 0. The lowest BCUT2D eigenvalue weighted by atomic mass is 10.1. The molecule has 0 aromatic heterocycles. The molecule has 1 amide bonds. The van der Waals surface area contributed by atoms with Gasteiger partial charge in [0.05, 0.1) is 25.7 Å². The normalized spacial score (nSPS) is 14.9. The number of amides is 1. The number of nitrogens with zero attached hydrogens (tertiary/aromatic N) is 2. The van der Waals surface area contributed by atoms with E-state index >= 15 is 0 Å². The highest BCUT2D eigenvalue weighted by Gasteiger charge is 2.26. The highest BCUT2D eigenvalue weighted by Crippen LogP contribution is 2.24. The van der Waals surface area contributed by atoms with Crippen molar-refractivity contribution in [2.24, 2.45) is 0 Å². The van der Waals surface area contributed by atoms with Gasteiger partial charge in [-0.15, -0.1) is 0 Å². The quantitative estimate of drug-likeness (QED) is 0.423. The standard InChI is InChI=1S/C26H31N3O6S/c1-20(30)29-18-16-28(17-19-29)15-5-4-6-25(26(31)35-3)27-36(32,33)24-13-9-22(10-14-24)21-7-11-23(34-2)12-8-21/h7-14,25,27H,6,15-19H2,1-3H3. The molecule has 3 rings (SSSR count). The second-order valence-electron chi connectivity index (χ2n) is 8.29. The van der Waals surface area contributed by atoms with Crippen LogP contribution in [-0.2, 0) is 24.3 Å². The van der Waals surface area contributed by atoms with Gasteiger partial charge in [0, 0.05) is 39.5 Å². The molecule has 1 saturated heterocycles. The van der Waals surface area contributed by atoms with E-state index in [0.717, 1.165) is 16.9 Å². The fourth-order valence-corrected chi connectivity index (χ4v) is 4.93. The predicted molar refractivity (Wildman–Crippen MR) is 136 cm³/mol. The third-order valence-corrected chi connectivity index (χ3v) is 7.41. The molecule has 1 atom stereocenters. The minimum absolute atomic E-state index is 0.0246. The molecule has 1 aliphatic heterocycles. The maximum absolute atomic E-state index is 12.9. The molecule has 10 heteroatoms. The predicted octanol–water partition coefficient (Wildman–Crippen LogP) is 1.74. The van der Waals surface area contributed by atoms with E-state index in [1.807, 2.05) is 24.3 Å². The Bertz CT molecular complexity index is 1210. The highest BCUT2D eigenvalue weighted by atomic mass is 32.2. The smallest absolute Gasteiger partial charge is 0.324 e. The van der Waals surface area contributed by atoms with Crippen molar-refractivity contribution < 1.29 is 27.5 Å². The Kier molecular flexibility index (Phi) is 9.47. The summed E-state index contributed by atoms with van der Waals surface area (Å²) in [7, 11) is -1.19. The van der Waals surface area contributed by atoms with Crippen LogP contribution in [0.25, 0.3) is 11.1 Å². The van der Waals surface area contributed by atoms with Crippen LogP contribution in [0.4, 0.5) is 0 Å². The van der Waals surface area contributed by atoms with E-state index in [2.05, 4.69) is 21.5 Å². The number of methoxy groups -OCH3 is 2. The monoisotopic (exact) mass is 513 g/mol. The molecule has 1 unspecified atom stereocenters. The fraction of sp³-hybridized carbons (Fsp3) is 0.385. The van der Waals surface area contributed by atoms with Gasteiger partial charge in [0.25, 0.3) is 0 Å². The Morgan fingerprint density at radius 2 is 1.53 bits per heavy atom. The molecule has 1 heterocycles. The molecule has 36 heavy (non-hydrogen) atoms. The number of hydrogen-bond donors (Lipinski definition) is 1. The number of nitrogens with one attached hydrogen (secondary N) is 1. The van der Waals surface area contributed by atoms with Crippen LogP contribution in [0.5, 0.6) is 5.75 Å². The summed E-state index contributed by atoms with van der Waals surface area (Å²) in [5.74, 6) is 5.95. The van der Waals surface area contributed by atoms with Crippen molar-refractivity contribution >= 4 is 21.9 Å². The van der Waals surface area contributed by atoms with Crippen LogP contribution in [0.2, 0.25) is 0 Å². The number of ether oxygens (including phenoxy) is 2. The van der Waals surface area contributed by atoms with E-state index in [9.17, 15) is 18.0 Å². The first-order chi connectivity index (χ1) is 17.2. The molecule has 0 aliphatic carbocycles. The SMILES string of the molecule is COC(=O)C(CC#CCN1CCN(C(C)=O)CC1)NS(=O)(=O)c1ccc(-c2ccc(OC)cc2)cc1. The Morgan fingerprint density at radius 1 is 0.944 bits per heavy atom. The molecule has 0 bridgehead atoms. The van der Waals surface area contributed by atoms with Crippen LogP contribution in [0.1, 0.15) is 13.3 Å². The van der Waals surface area contributed by atoms with E-state index < -0.39 is 22.0 Å². The average molecular weight is 514 g/mol. The Hall–Kier alpha value is -3.39. The van der Waals surface area contributed by atoms with Gasteiger partial charge in [-0.25, -0.2) is 8.42 Å². The van der Waals surface area contributed by atoms with Crippen molar-refractivity contribution in [3.05, 3.63) is 48.5 Å². The van der Waals surface area contributed by atoms with E-state index in [-0.39, 0.29) is 17.2 Å². The van der Waals surface area contributed by atoms with Gasteiger partial charge in [-0.2, -0.15) is 4.72 Å². The summed E-state index contributed by atoms with van der Waals surface area (Å²) in [6.45, 7) is 4.76. The number of esters is 1. The van der Waals surface area contributed by atoms with E-state index in [0.29, 0.717) is 32.7 Å². The summed E-state index contributed by atoms with van der Waals surface area (Å²) in [5.41, 5.74) is 1.76. The van der Waals surface area contributed by atoms with Crippen molar-refractivity contribution in [3.8, 4) is 28.7 Å². The summed E-state index contributed by atoms with van der Waals surface area (Å²) in [4.78, 5) is 27.6. The van der Waals surface area contributed by atoms with Crippen LogP contribution in [0.15, 0.2) is 53.4 Å². The Labute approximate surface area is 212 Å². The number of rotatable bonds is 8. The Balaban J connectivity index is 1.61. The molecule has 0 radical (unpaired) electrons. The molecular formula is C26H31N3O6S. The summed E-state index contributed by atoms with van der Waals surface area (Å²) in [6, 6.07) is 12.7. The molecular weight excluding hydrogens is 482 g/mol. The fourth-order valence-electron chi connectivity index (χ4n) is 3.74. The van der Waals surface area contributed by atoms with E-state index in [1.165, 1.54) is 19.2 Å². The van der Waals surface area contributed by atoms with Gasteiger partial charge in [-0.1, -0.05) is 36.1 Å². The van der Waals surface area contributed by atoms with Crippen LogP contribution in [0.3, 0.4) is 0 Å². The van der Waals surface area contributed by atoms with E-state index in [1.54, 1.807) is 31.1 Å². The molecule has 2 aromatic rings.